The molecule has 6 nitrogen and oxygen atoms in total. The fourth-order valence-corrected chi connectivity index (χ4v) is 3.14. The lowest BCUT2D eigenvalue weighted by molar-refractivity contribution is -0.139. The van der Waals surface area contributed by atoms with E-state index < -0.39 is 0 Å². The van der Waals surface area contributed by atoms with Crippen LogP contribution in [0, 0.1) is 5.92 Å². The second-order valence-electron chi connectivity index (χ2n) is 6.26. The first-order valence-electron chi connectivity index (χ1n) is 8.10. The lowest BCUT2D eigenvalue weighted by Crippen LogP contribution is -2.52. The largest absolute Gasteiger partial charge is 0.353 e. The Morgan fingerprint density at radius 1 is 1.27 bits per heavy atom. The molecule has 1 atom stereocenters. The van der Waals surface area contributed by atoms with Crippen molar-refractivity contribution in [2.75, 3.05) is 45.8 Å². The van der Waals surface area contributed by atoms with Crippen LogP contribution in [0.1, 0.15) is 26.7 Å². The molecule has 0 radical (unpaired) electrons. The standard InChI is InChI=1S/C15H28N4O2.ClH/c1-12(2)14(19-8-3-4-13(19)20)15(21)17-7-11-18-9-5-16-6-10-18;/h12,14,16H,3-11H2,1-2H3,(H,17,21);1H. The summed E-state index contributed by atoms with van der Waals surface area (Å²) >= 11 is 0. The van der Waals surface area contributed by atoms with Gasteiger partial charge in [0, 0.05) is 52.2 Å². The first-order valence-corrected chi connectivity index (χ1v) is 8.10. The molecular formula is C15H29ClN4O2. The number of likely N-dealkylation sites (tertiary alicyclic amines) is 1. The Kier molecular flexibility index (Phi) is 8.14. The molecule has 0 saturated carbocycles. The molecule has 0 aromatic heterocycles. The topological polar surface area (TPSA) is 64.7 Å². The molecule has 0 aromatic rings. The molecule has 0 aliphatic carbocycles. The van der Waals surface area contributed by atoms with Gasteiger partial charge in [0.2, 0.25) is 11.8 Å². The van der Waals surface area contributed by atoms with Crippen LogP contribution in [0.25, 0.3) is 0 Å². The number of piperazine rings is 1. The summed E-state index contributed by atoms with van der Waals surface area (Å²) < 4.78 is 0. The summed E-state index contributed by atoms with van der Waals surface area (Å²) in [6.07, 6.45) is 1.45. The van der Waals surface area contributed by atoms with Crippen LogP contribution in [-0.2, 0) is 9.59 Å². The molecule has 0 aromatic carbocycles. The van der Waals surface area contributed by atoms with Crippen LogP contribution in [0.15, 0.2) is 0 Å². The molecule has 2 amide bonds. The Morgan fingerprint density at radius 3 is 2.50 bits per heavy atom. The third kappa shape index (κ3) is 5.11. The van der Waals surface area contributed by atoms with Gasteiger partial charge >= 0.3 is 0 Å². The highest BCUT2D eigenvalue weighted by Gasteiger charge is 2.34. The number of nitrogens with one attached hydrogen (secondary N) is 2. The van der Waals surface area contributed by atoms with E-state index in [0.717, 1.165) is 39.1 Å². The molecule has 0 bridgehead atoms. The summed E-state index contributed by atoms with van der Waals surface area (Å²) in [6, 6.07) is -0.317. The summed E-state index contributed by atoms with van der Waals surface area (Å²) in [5.74, 6) is 0.257. The van der Waals surface area contributed by atoms with Gasteiger partial charge in [-0.25, -0.2) is 0 Å². The summed E-state index contributed by atoms with van der Waals surface area (Å²) in [4.78, 5) is 28.4. The van der Waals surface area contributed by atoms with Crippen LogP contribution in [0.3, 0.4) is 0 Å². The number of rotatable bonds is 6. The minimum Gasteiger partial charge on any atom is -0.353 e. The highest BCUT2D eigenvalue weighted by molar-refractivity contribution is 5.88. The third-order valence-corrected chi connectivity index (χ3v) is 4.28. The Labute approximate surface area is 139 Å². The maximum absolute atomic E-state index is 12.4. The first-order chi connectivity index (χ1) is 10.1. The number of hydrogen-bond acceptors (Lipinski definition) is 4. The van der Waals surface area contributed by atoms with Crippen LogP contribution in [-0.4, -0.2) is 73.5 Å². The van der Waals surface area contributed by atoms with Crippen molar-refractivity contribution in [1.29, 1.82) is 0 Å². The number of nitrogens with zero attached hydrogens (tertiary/aromatic N) is 2. The molecule has 2 heterocycles. The van der Waals surface area contributed by atoms with Gasteiger partial charge in [-0.1, -0.05) is 13.8 Å². The maximum Gasteiger partial charge on any atom is 0.243 e. The monoisotopic (exact) mass is 332 g/mol. The van der Waals surface area contributed by atoms with E-state index in [9.17, 15) is 9.59 Å². The Morgan fingerprint density at radius 2 is 1.95 bits per heavy atom. The van der Waals surface area contributed by atoms with Gasteiger partial charge in [0.05, 0.1) is 0 Å². The maximum atomic E-state index is 12.4. The molecule has 2 fully saturated rings. The van der Waals surface area contributed by atoms with E-state index in [4.69, 9.17) is 0 Å². The quantitative estimate of drug-likeness (QED) is 0.723. The van der Waals surface area contributed by atoms with Crippen LogP contribution < -0.4 is 10.6 Å². The zero-order valence-electron chi connectivity index (χ0n) is 13.6. The Balaban J connectivity index is 0.00000242. The van der Waals surface area contributed by atoms with Crippen molar-refractivity contribution in [2.45, 2.75) is 32.7 Å². The van der Waals surface area contributed by atoms with Crippen molar-refractivity contribution in [1.82, 2.24) is 20.4 Å². The number of carbonyl (C=O) groups is 2. The first kappa shape index (κ1) is 19.2. The molecule has 22 heavy (non-hydrogen) atoms. The average Bonchev–Trinajstić information content (AvgIpc) is 2.86. The summed E-state index contributed by atoms with van der Waals surface area (Å²) in [5.41, 5.74) is 0. The van der Waals surface area contributed by atoms with Crippen molar-refractivity contribution in [3.8, 4) is 0 Å². The van der Waals surface area contributed by atoms with E-state index in [1.54, 1.807) is 4.90 Å². The minimum atomic E-state index is -0.317. The van der Waals surface area contributed by atoms with E-state index in [2.05, 4.69) is 15.5 Å². The number of halogens is 1. The molecule has 7 heteroatoms. The average molecular weight is 333 g/mol. The Bertz CT molecular complexity index is 373. The van der Waals surface area contributed by atoms with Crippen LogP contribution in [0.5, 0.6) is 0 Å². The third-order valence-electron chi connectivity index (χ3n) is 4.28. The Hall–Kier alpha value is -0.850. The van der Waals surface area contributed by atoms with E-state index >= 15 is 0 Å². The molecule has 2 aliphatic heterocycles. The molecular weight excluding hydrogens is 304 g/mol. The zero-order chi connectivity index (χ0) is 15.2. The van der Waals surface area contributed by atoms with Crippen molar-refractivity contribution >= 4 is 24.2 Å². The zero-order valence-corrected chi connectivity index (χ0v) is 14.5. The van der Waals surface area contributed by atoms with Crippen molar-refractivity contribution in [3.05, 3.63) is 0 Å². The predicted octanol–water partition coefficient (Wildman–Crippen LogP) is 0.0766. The van der Waals surface area contributed by atoms with Crippen molar-refractivity contribution < 1.29 is 9.59 Å². The summed E-state index contributed by atoms with van der Waals surface area (Å²) in [6.45, 7) is 10.4. The normalized spacial score (nSPS) is 20.9. The van der Waals surface area contributed by atoms with E-state index in [1.165, 1.54) is 0 Å². The molecule has 2 N–H and O–H groups in total. The summed E-state index contributed by atoms with van der Waals surface area (Å²) in [7, 11) is 0. The van der Waals surface area contributed by atoms with Gasteiger partial charge in [-0.05, 0) is 12.3 Å². The number of hydrogen-bond donors (Lipinski definition) is 2. The molecule has 2 saturated heterocycles. The van der Waals surface area contributed by atoms with Gasteiger partial charge < -0.3 is 15.5 Å². The van der Waals surface area contributed by atoms with Gasteiger partial charge in [0.25, 0.3) is 0 Å². The van der Waals surface area contributed by atoms with Gasteiger partial charge in [-0.2, -0.15) is 0 Å². The molecule has 0 spiro atoms. The minimum absolute atomic E-state index is 0. The van der Waals surface area contributed by atoms with E-state index in [0.29, 0.717) is 19.5 Å². The molecule has 1 unspecified atom stereocenters. The SMILES string of the molecule is CC(C)C(C(=O)NCCN1CCNCC1)N1CCCC1=O.Cl. The molecule has 2 rings (SSSR count). The second-order valence-corrected chi connectivity index (χ2v) is 6.26. The van der Waals surface area contributed by atoms with Gasteiger partial charge in [0.1, 0.15) is 6.04 Å². The lowest BCUT2D eigenvalue weighted by atomic mass is 10.0. The summed E-state index contributed by atoms with van der Waals surface area (Å²) in [5, 5.41) is 6.33. The number of carbonyl (C=O) groups excluding carboxylic acids is 2. The van der Waals surface area contributed by atoms with Crippen LogP contribution >= 0.6 is 12.4 Å². The highest BCUT2D eigenvalue weighted by Crippen LogP contribution is 2.19. The van der Waals surface area contributed by atoms with Gasteiger partial charge in [0.15, 0.2) is 0 Å². The van der Waals surface area contributed by atoms with Crippen molar-refractivity contribution in [2.24, 2.45) is 5.92 Å². The van der Waals surface area contributed by atoms with Gasteiger partial charge in [-0.3, -0.25) is 14.5 Å². The van der Waals surface area contributed by atoms with Crippen LogP contribution in [0.2, 0.25) is 0 Å². The smallest absolute Gasteiger partial charge is 0.243 e. The second kappa shape index (κ2) is 9.33. The van der Waals surface area contributed by atoms with Crippen LogP contribution in [0.4, 0.5) is 0 Å². The molecule has 128 valence electrons. The van der Waals surface area contributed by atoms with E-state index in [-0.39, 0.29) is 36.2 Å². The fraction of sp³-hybridized carbons (Fsp3) is 0.867. The van der Waals surface area contributed by atoms with Crippen molar-refractivity contribution in [3.63, 3.8) is 0 Å². The molecule has 2 aliphatic rings. The van der Waals surface area contributed by atoms with E-state index in [1.807, 2.05) is 13.8 Å². The number of amides is 2. The highest BCUT2D eigenvalue weighted by atomic mass is 35.5. The fourth-order valence-electron chi connectivity index (χ4n) is 3.14. The van der Waals surface area contributed by atoms with Gasteiger partial charge in [-0.15, -0.1) is 12.4 Å². The lowest BCUT2D eigenvalue weighted by Gasteiger charge is -2.31. The predicted molar refractivity (Wildman–Crippen MR) is 89.1 cm³/mol.